The Morgan fingerprint density at radius 3 is 2.77 bits per heavy atom. The summed E-state index contributed by atoms with van der Waals surface area (Å²) < 4.78 is 5.39. The summed E-state index contributed by atoms with van der Waals surface area (Å²) in [6, 6.07) is 0. The number of nitrogens with zero attached hydrogens (tertiary/aromatic N) is 1. The molecule has 5 heteroatoms. The van der Waals surface area contributed by atoms with Crippen LogP contribution in [0.3, 0.4) is 0 Å². The van der Waals surface area contributed by atoms with Gasteiger partial charge in [0.25, 0.3) is 0 Å². The minimum Gasteiger partial charge on any atom is -0.460 e. The Morgan fingerprint density at radius 2 is 2.23 bits per heavy atom. The number of fused-ring (bicyclic) bond motifs is 1. The minimum atomic E-state index is -0.659. The summed E-state index contributed by atoms with van der Waals surface area (Å²) in [6.45, 7) is 7.23. The number of esters is 1. The third-order valence-corrected chi connectivity index (χ3v) is 5.04. The van der Waals surface area contributed by atoms with Crippen LogP contribution >= 0.6 is 0 Å². The molecule has 2 aliphatic rings. The third-order valence-electron chi connectivity index (χ3n) is 5.04. The lowest BCUT2D eigenvalue weighted by molar-refractivity contribution is -0.507. The van der Waals surface area contributed by atoms with Gasteiger partial charge in [0.1, 0.15) is 5.60 Å². The van der Waals surface area contributed by atoms with Gasteiger partial charge in [0.2, 0.25) is 6.54 Å². The average molecular weight is 309 g/mol. The van der Waals surface area contributed by atoms with Crippen molar-refractivity contribution in [3.05, 3.63) is 21.8 Å². The van der Waals surface area contributed by atoms with Crippen molar-refractivity contribution in [2.24, 2.45) is 17.3 Å². The maximum absolute atomic E-state index is 11.3. The zero-order valence-corrected chi connectivity index (χ0v) is 14.1. The molecule has 0 spiro atoms. The van der Waals surface area contributed by atoms with Crippen LogP contribution in [0.4, 0.5) is 0 Å². The van der Waals surface area contributed by atoms with Crippen molar-refractivity contribution in [2.75, 3.05) is 6.54 Å². The van der Waals surface area contributed by atoms with Gasteiger partial charge in [0.05, 0.1) is 0 Å². The smallest absolute Gasteiger partial charge is 0.303 e. The maximum atomic E-state index is 11.3. The highest BCUT2D eigenvalue weighted by Crippen LogP contribution is 2.61. The first-order valence-corrected chi connectivity index (χ1v) is 8.18. The van der Waals surface area contributed by atoms with Gasteiger partial charge in [0.15, 0.2) is 0 Å². The summed E-state index contributed by atoms with van der Waals surface area (Å²) in [7, 11) is 0. The van der Waals surface area contributed by atoms with Gasteiger partial charge in [-0.2, -0.15) is 0 Å². The molecule has 1 saturated carbocycles. The molecule has 0 amide bonds. The summed E-state index contributed by atoms with van der Waals surface area (Å²) >= 11 is 0. The molecule has 22 heavy (non-hydrogen) atoms. The molecule has 0 aromatic carbocycles. The standard InChI is InChI=1S/C17H27NO4/c1-5-6-13-7-14-9-17(11-18(20)21,15(14)8-13)10-16(3,4)22-12(2)19/h8,14-15H,5-7,9-11H2,1-4H3/t14-,15-,17-/m0/s1. The lowest BCUT2D eigenvalue weighted by Crippen LogP contribution is -2.53. The summed E-state index contributed by atoms with van der Waals surface area (Å²) in [4.78, 5) is 22.3. The number of allylic oxidation sites excluding steroid dienone is 2. The molecule has 0 N–H and O–H groups in total. The lowest BCUT2D eigenvalue weighted by Gasteiger charge is -2.52. The van der Waals surface area contributed by atoms with Gasteiger partial charge in [-0.1, -0.05) is 25.0 Å². The molecular weight excluding hydrogens is 282 g/mol. The Morgan fingerprint density at radius 1 is 1.55 bits per heavy atom. The molecular formula is C17H27NO4. The Kier molecular flexibility index (Phi) is 4.64. The molecule has 5 nitrogen and oxygen atoms in total. The Hall–Kier alpha value is -1.39. The highest BCUT2D eigenvalue weighted by Gasteiger charge is 2.59. The van der Waals surface area contributed by atoms with Gasteiger partial charge in [-0.25, -0.2) is 0 Å². The van der Waals surface area contributed by atoms with E-state index in [0.717, 1.165) is 25.7 Å². The van der Waals surface area contributed by atoms with Crippen LogP contribution in [0.15, 0.2) is 11.6 Å². The molecule has 0 heterocycles. The van der Waals surface area contributed by atoms with Crippen LogP contribution < -0.4 is 0 Å². The topological polar surface area (TPSA) is 69.4 Å². The second-order valence-corrected chi connectivity index (χ2v) is 7.65. The first kappa shape index (κ1) is 17.0. The number of rotatable bonds is 7. The van der Waals surface area contributed by atoms with Crippen LogP contribution in [-0.2, 0) is 9.53 Å². The van der Waals surface area contributed by atoms with E-state index in [2.05, 4.69) is 13.0 Å². The van der Waals surface area contributed by atoms with Crippen LogP contribution in [-0.4, -0.2) is 23.0 Å². The molecule has 1 fully saturated rings. The molecule has 124 valence electrons. The van der Waals surface area contributed by atoms with Gasteiger partial charge in [-0.05, 0) is 51.4 Å². The highest BCUT2D eigenvalue weighted by atomic mass is 16.6. The van der Waals surface area contributed by atoms with Crippen molar-refractivity contribution in [3.8, 4) is 0 Å². The van der Waals surface area contributed by atoms with Crippen molar-refractivity contribution in [3.63, 3.8) is 0 Å². The van der Waals surface area contributed by atoms with Crippen molar-refractivity contribution in [2.45, 2.75) is 65.4 Å². The van der Waals surface area contributed by atoms with Gasteiger partial charge < -0.3 is 4.74 Å². The average Bonchev–Trinajstić information content (AvgIpc) is 2.64. The van der Waals surface area contributed by atoms with E-state index in [1.54, 1.807) is 0 Å². The van der Waals surface area contributed by atoms with E-state index in [9.17, 15) is 14.9 Å². The monoisotopic (exact) mass is 309 g/mol. The van der Waals surface area contributed by atoms with E-state index >= 15 is 0 Å². The number of carbonyl (C=O) groups is 1. The molecule has 0 unspecified atom stereocenters. The number of hydrogen-bond acceptors (Lipinski definition) is 4. The van der Waals surface area contributed by atoms with Gasteiger partial charge in [-0.15, -0.1) is 0 Å². The second kappa shape index (κ2) is 6.01. The maximum Gasteiger partial charge on any atom is 0.303 e. The van der Waals surface area contributed by atoms with E-state index in [1.165, 1.54) is 12.5 Å². The highest BCUT2D eigenvalue weighted by molar-refractivity contribution is 5.66. The molecule has 0 saturated heterocycles. The largest absolute Gasteiger partial charge is 0.460 e. The lowest BCUT2D eigenvalue weighted by atomic mass is 9.52. The van der Waals surface area contributed by atoms with Crippen molar-refractivity contribution in [1.82, 2.24) is 0 Å². The van der Waals surface area contributed by atoms with E-state index in [1.807, 2.05) is 13.8 Å². The molecule has 2 aliphatic carbocycles. The predicted molar refractivity (Wildman–Crippen MR) is 84.0 cm³/mol. The van der Waals surface area contributed by atoms with E-state index in [4.69, 9.17) is 4.74 Å². The fourth-order valence-corrected chi connectivity index (χ4v) is 4.75. The fraction of sp³-hybridized carbons (Fsp3) is 0.824. The minimum absolute atomic E-state index is 0.0330. The van der Waals surface area contributed by atoms with Crippen LogP contribution in [0.5, 0.6) is 0 Å². The van der Waals surface area contributed by atoms with Crippen molar-refractivity contribution >= 4 is 5.97 Å². The van der Waals surface area contributed by atoms with Crippen molar-refractivity contribution < 1.29 is 14.5 Å². The van der Waals surface area contributed by atoms with Crippen LogP contribution in [0.1, 0.15) is 59.8 Å². The van der Waals surface area contributed by atoms with Gasteiger partial charge in [-0.3, -0.25) is 14.9 Å². The second-order valence-electron chi connectivity index (χ2n) is 7.65. The molecule has 0 bridgehead atoms. The Bertz CT molecular complexity index is 497. The molecule has 0 radical (unpaired) electrons. The zero-order chi connectivity index (χ0) is 16.5. The van der Waals surface area contributed by atoms with Gasteiger partial charge >= 0.3 is 5.97 Å². The van der Waals surface area contributed by atoms with E-state index < -0.39 is 5.60 Å². The van der Waals surface area contributed by atoms with Crippen LogP contribution in [0.2, 0.25) is 0 Å². The summed E-state index contributed by atoms with van der Waals surface area (Å²) in [5, 5.41) is 11.2. The Labute approximate surface area is 132 Å². The molecule has 2 rings (SSSR count). The SMILES string of the molecule is CCCC1=C[C@H]2[C@@H](C1)C[C@@]2(C[N+](=O)[O-])CC(C)(C)OC(C)=O. The summed E-state index contributed by atoms with van der Waals surface area (Å²) in [5.74, 6) is 0.495. The molecule has 0 aromatic rings. The molecule has 0 aliphatic heterocycles. The number of ether oxygens (including phenoxy) is 1. The first-order chi connectivity index (χ1) is 10.2. The van der Waals surface area contributed by atoms with Crippen molar-refractivity contribution in [1.29, 1.82) is 0 Å². The molecule has 0 aromatic heterocycles. The quantitative estimate of drug-likeness (QED) is 0.311. The normalized spacial score (nSPS) is 30.3. The molecule has 3 atom stereocenters. The van der Waals surface area contributed by atoms with Crippen LogP contribution in [0.25, 0.3) is 0 Å². The predicted octanol–water partition coefficient (Wildman–Crippen LogP) is 3.75. The van der Waals surface area contributed by atoms with Crippen LogP contribution in [0, 0.1) is 27.4 Å². The fourth-order valence-electron chi connectivity index (χ4n) is 4.75. The summed E-state index contributed by atoms with van der Waals surface area (Å²) in [5.41, 5.74) is 0.435. The number of hydrogen-bond donors (Lipinski definition) is 0. The first-order valence-electron chi connectivity index (χ1n) is 8.18. The Balaban J connectivity index is 2.17. The van der Waals surface area contributed by atoms with E-state index in [0.29, 0.717) is 12.3 Å². The van der Waals surface area contributed by atoms with Gasteiger partial charge in [0, 0.05) is 17.3 Å². The zero-order valence-electron chi connectivity index (χ0n) is 14.1. The summed E-state index contributed by atoms with van der Waals surface area (Å²) in [6.07, 6.45) is 7.00. The van der Waals surface area contributed by atoms with E-state index in [-0.39, 0.29) is 28.8 Å². The third kappa shape index (κ3) is 3.50. The number of nitro groups is 1. The number of carbonyl (C=O) groups excluding carboxylic acids is 1.